The molecule has 3 nitrogen and oxygen atoms in total. The summed E-state index contributed by atoms with van der Waals surface area (Å²) in [6.45, 7) is 2.05. The summed E-state index contributed by atoms with van der Waals surface area (Å²) >= 11 is 0. The normalized spacial score (nSPS) is 9.57. The predicted molar refractivity (Wildman–Crippen MR) is 53.3 cm³/mol. The van der Waals surface area contributed by atoms with Crippen molar-refractivity contribution in [1.29, 1.82) is 0 Å². The fourth-order valence-electron chi connectivity index (χ4n) is 1.02. The summed E-state index contributed by atoms with van der Waals surface area (Å²) in [5.74, 6) is 0.317. The molecule has 0 aliphatic carbocycles. The molecule has 0 saturated carbocycles. The van der Waals surface area contributed by atoms with Crippen molar-refractivity contribution < 1.29 is 14.3 Å². The van der Waals surface area contributed by atoms with Crippen LogP contribution < -0.4 is 4.74 Å². The van der Waals surface area contributed by atoms with Crippen molar-refractivity contribution in [3.63, 3.8) is 0 Å². The standard InChI is InChI=1S/C11H14O3/c1-3-9-4-6-10(7-5-9)14-8-11(12)13-2/h4-7H,3,8H2,1-2H3. The molecule has 1 rings (SSSR count). The highest BCUT2D eigenvalue weighted by Gasteiger charge is 2.00. The summed E-state index contributed by atoms with van der Waals surface area (Å²) in [6.07, 6.45) is 0.997. The average Bonchev–Trinajstić information content (AvgIpc) is 2.26. The first kappa shape index (κ1) is 10.6. The van der Waals surface area contributed by atoms with Gasteiger partial charge in [-0.05, 0) is 24.1 Å². The molecule has 0 heterocycles. The molecule has 0 aliphatic rings. The number of aryl methyl sites for hydroxylation is 1. The molecule has 0 radical (unpaired) electrons. The molecule has 1 aromatic carbocycles. The van der Waals surface area contributed by atoms with Crippen molar-refractivity contribution in [2.45, 2.75) is 13.3 Å². The van der Waals surface area contributed by atoms with Gasteiger partial charge in [0.15, 0.2) is 6.61 Å². The fourth-order valence-corrected chi connectivity index (χ4v) is 1.02. The molecule has 1 aromatic rings. The Morgan fingerprint density at radius 2 is 1.93 bits per heavy atom. The third kappa shape index (κ3) is 3.09. The lowest BCUT2D eigenvalue weighted by atomic mass is 10.2. The van der Waals surface area contributed by atoms with Crippen molar-refractivity contribution >= 4 is 5.97 Å². The van der Waals surface area contributed by atoms with Crippen LogP contribution in [-0.4, -0.2) is 19.7 Å². The zero-order valence-electron chi connectivity index (χ0n) is 8.45. The van der Waals surface area contributed by atoms with Crippen molar-refractivity contribution in [3.8, 4) is 5.75 Å². The lowest BCUT2D eigenvalue weighted by molar-refractivity contribution is -0.142. The van der Waals surface area contributed by atoms with Crippen LogP contribution in [0.1, 0.15) is 12.5 Å². The highest BCUT2D eigenvalue weighted by atomic mass is 16.6. The molecule has 0 aliphatic heterocycles. The van der Waals surface area contributed by atoms with Gasteiger partial charge in [0.1, 0.15) is 5.75 Å². The third-order valence-electron chi connectivity index (χ3n) is 1.92. The molecule has 76 valence electrons. The molecule has 0 N–H and O–H groups in total. The topological polar surface area (TPSA) is 35.5 Å². The number of methoxy groups -OCH3 is 1. The summed E-state index contributed by atoms with van der Waals surface area (Å²) in [7, 11) is 1.34. The highest BCUT2D eigenvalue weighted by Crippen LogP contribution is 2.12. The SMILES string of the molecule is CCc1ccc(OCC(=O)OC)cc1. The van der Waals surface area contributed by atoms with Gasteiger partial charge >= 0.3 is 5.97 Å². The van der Waals surface area contributed by atoms with Gasteiger partial charge in [-0.25, -0.2) is 4.79 Å². The second-order valence-electron chi connectivity index (χ2n) is 2.86. The van der Waals surface area contributed by atoms with Crippen LogP contribution in [0.25, 0.3) is 0 Å². The zero-order chi connectivity index (χ0) is 10.4. The van der Waals surface area contributed by atoms with Crippen LogP contribution in [0.4, 0.5) is 0 Å². The average molecular weight is 194 g/mol. The minimum Gasteiger partial charge on any atom is -0.482 e. The number of carbonyl (C=O) groups excluding carboxylic acids is 1. The Balaban J connectivity index is 2.47. The van der Waals surface area contributed by atoms with Gasteiger partial charge in [0.2, 0.25) is 0 Å². The van der Waals surface area contributed by atoms with E-state index in [1.807, 2.05) is 24.3 Å². The van der Waals surface area contributed by atoms with E-state index in [4.69, 9.17) is 4.74 Å². The second-order valence-corrected chi connectivity index (χ2v) is 2.86. The predicted octanol–water partition coefficient (Wildman–Crippen LogP) is 1.80. The van der Waals surface area contributed by atoms with E-state index in [-0.39, 0.29) is 12.6 Å². The van der Waals surface area contributed by atoms with Crippen LogP contribution in [0, 0.1) is 0 Å². The van der Waals surface area contributed by atoms with Crippen LogP contribution in [0.3, 0.4) is 0 Å². The molecule has 0 bridgehead atoms. The van der Waals surface area contributed by atoms with Gasteiger partial charge in [-0.3, -0.25) is 0 Å². The van der Waals surface area contributed by atoms with E-state index in [0.29, 0.717) is 5.75 Å². The van der Waals surface area contributed by atoms with E-state index in [1.54, 1.807) is 0 Å². The summed E-state index contributed by atoms with van der Waals surface area (Å²) < 4.78 is 9.64. The van der Waals surface area contributed by atoms with Gasteiger partial charge in [0.25, 0.3) is 0 Å². The number of benzene rings is 1. The van der Waals surface area contributed by atoms with Gasteiger partial charge in [-0.15, -0.1) is 0 Å². The van der Waals surface area contributed by atoms with Crippen LogP contribution in [0.2, 0.25) is 0 Å². The molecule has 0 spiro atoms. The Bertz CT molecular complexity index is 290. The Morgan fingerprint density at radius 3 is 2.43 bits per heavy atom. The summed E-state index contributed by atoms with van der Waals surface area (Å²) in [5, 5.41) is 0. The maximum atomic E-state index is 10.8. The van der Waals surface area contributed by atoms with Crippen molar-refractivity contribution in [2.75, 3.05) is 13.7 Å². The number of hydrogen-bond acceptors (Lipinski definition) is 3. The molecule has 0 aromatic heterocycles. The molecular weight excluding hydrogens is 180 g/mol. The smallest absolute Gasteiger partial charge is 0.343 e. The van der Waals surface area contributed by atoms with Crippen LogP contribution in [0.15, 0.2) is 24.3 Å². The van der Waals surface area contributed by atoms with Crippen LogP contribution >= 0.6 is 0 Å². The molecule has 0 atom stereocenters. The maximum absolute atomic E-state index is 10.8. The number of hydrogen-bond donors (Lipinski definition) is 0. The minimum atomic E-state index is -0.371. The van der Waals surface area contributed by atoms with Crippen molar-refractivity contribution in [1.82, 2.24) is 0 Å². The lowest BCUT2D eigenvalue weighted by Crippen LogP contribution is -2.12. The molecule has 14 heavy (non-hydrogen) atoms. The highest BCUT2D eigenvalue weighted by molar-refractivity contribution is 5.70. The van der Waals surface area contributed by atoms with E-state index < -0.39 is 0 Å². The molecular formula is C11H14O3. The first-order chi connectivity index (χ1) is 6.76. The van der Waals surface area contributed by atoms with Gasteiger partial charge in [0.05, 0.1) is 7.11 Å². The Labute approximate surface area is 83.6 Å². The quantitative estimate of drug-likeness (QED) is 0.685. The zero-order valence-corrected chi connectivity index (χ0v) is 8.45. The number of rotatable bonds is 4. The van der Waals surface area contributed by atoms with Crippen molar-refractivity contribution in [3.05, 3.63) is 29.8 Å². The number of ether oxygens (including phenoxy) is 2. The van der Waals surface area contributed by atoms with E-state index >= 15 is 0 Å². The van der Waals surface area contributed by atoms with Crippen LogP contribution in [0.5, 0.6) is 5.75 Å². The van der Waals surface area contributed by atoms with E-state index in [9.17, 15) is 4.79 Å². The minimum absolute atomic E-state index is 0.0397. The van der Waals surface area contributed by atoms with Crippen molar-refractivity contribution in [2.24, 2.45) is 0 Å². The molecule has 0 fully saturated rings. The van der Waals surface area contributed by atoms with E-state index in [2.05, 4.69) is 11.7 Å². The van der Waals surface area contributed by atoms with Gasteiger partial charge in [-0.1, -0.05) is 19.1 Å². The Kier molecular flexibility index (Phi) is 3.98. The molecule has 0 unspecified atom stereocenters. The first-order valence-corrected chi connectivity index (χ1v) is 4.54. The van der Waals surface area contributed by atoms with E-state index in [0.717, 1.165) is 6.42 Å². The van der Waals surface area contributed by atoms with Gasteiger partial charge in [0, 0.05) is 0 Å². The monoisotopic (exact) mass is 194 g/mol. The number of esters is 1. The third-order valence-corrected chi connectivity index (χ3v) is 1.92. The second kappa shape index (κ2) is 5.27. The van der Waals surface area contributed by atoms with Gasteiger partial charge in [-0.2, -0.15) is 0 Å². The fraction of sp³-hybridized carbons (Fsp3) is 0.364. The largest absolute Gasteiger partial charge is 0.482 e. The number of carbonyl (C=O) groups is 1. The first-order valence-electron chi connectivity index (χ1n) is 4.54. The van der Waals surface area contributed by atoms with Crippen LogP contribution in [-0.2, 0) is 16.0 Å². The molecule has 0 amide bonds. The summed E-state index contributed by atoms with van der Waals surface area (Å²) in [5.41, 5.74) is 1.25. The lowest BCUT2D eigenvalue weighted by Gasteiger charge is -2.04. The van der Waals surface area contributed by atoms with E-state index in [1.165, 1.54) is 12.7 Å². The molecule has 0 saturated heterocycles. The summed E-state index contributed by atoms with van der Waals surface area (Å²) in [6, 6.07) is 7.66. The Morgan fingerprint density at radius 1 is 1.29 bits per heavy atom. The van der Waals surface area contributed by atoms with Gasteiger partial charge < -0.3 is 9.47 Å². The Hall–Kier alpha value is -1.51. The maximum Gasteiger partial charge on any atom is 0.343 e. The molecule has 3 heteroatoms. The summed E-state index contributed by atoms with van der Waals surface area (Å²) in [4.78, 5) is 10.8.